The Kier molecular flexibility index (Phi) is 6.03. The van der Waals surface area contributed by atoms with E-state index in [-0.39, 0.29) is 34.7 Å². The SMILES string of the molecule is NCC1=C(C(=O)O)N2C(=O)C(NC(=O)/C(=N\OC3CCNC3=O)c3csc(N)n3)[C@H]2SC1. The summed E-state index contributed by atoms with van der Waals surface area (Å²) in [5.74, 6) is -2.62. The molecule has 0 saturated carbocycles. The van der Waals surface area contributed by atoms with Crippen molar-refractivity contribution in [3.8, 4) is 0 Å². The number of fused-ring (bicyclic) bond motifs is 1. The van der Waals surface area contributed by atoms with Crippen LogP contribution in [0.15, 0.2) is 21.8 Å². The summed E-state index contributed by atoms with van der Waals surface area (Å²) in [6, 6.07) is -0.975. The van der Waals surface area contributed by atoms with Gasteiger partial charge in [0.2, 0.25) is 6.10 Å². The lowest BCUT2D eigenvalue weighted by atomic mass is 10.0. The number of oxime groups is 1. The van der Waals surface area contributed by atoms with Crippen LogP contribution in [0, 0.1) is 0 Å². The zero-order valence-electron chi connectivity index (χ0n) is 16.4. The average molecular weight is 482 g/mol. The molecule has 2 saturated heterocycles. The maximum atomic E-state index is 13.0. The molecule has 2 fully saturated rings. The van der Waals surface area contributed by atoms with Crippen LogP contribution in [0.2, 0.25) is 0 Å². The molecule has 1 aromatic rings. The van der Waals surface area contributed by atoms with Crippen LogP contribution in [0.25, 0.3) is 0 Å². The van der Waals surface area contributed by atoms with Crippen molar-refractivity contribution in [1.82, 2.24) is 20.5 Å². The van der Waals surface area contributed by atoms with Crippen LogP contribution >= 0.6 is 23.1 Å². The lowest BCUT2D eigenvalue weighted by molar-refractivity contribution is -0.150. The number of nitrogens with zero attached hydrogens (tertiary/aromatic N) is 3. The highest BCUT2D eigenvalue weighted by atomic mass is 32.2. The molecule has 0 bridgehead atoms. The molecule has 13 nitrogen and oxygen atoms in total. The third-order valence-corrected chi connectivity index (χ3v) is 7.05. The lowest BCUT2D eigenvalue weighted by Crippen LogP contribution is -2.71. The van der Waals surface area contributed by atoms with Crippen molar-refractivity contribution < 1.29 is 29.1 Å². The van der Waals surface area contributed by atoms with Crippen molar-refractivity contribution in [1.29, 1.82) is 0 Å². The summed E-state index contributed by atoms with van der Waals surface area (Å²) < 4.78 is 0. The van der Waals surface area contributed by atoms with Gasteiger partial charge >= 0.3 is 5.97 Å². The maximum Gasteiger partial charge on any atom is 0.352 e. The summed E-state index contributed by atoms with van der Waals surface area (Å²) in [4.78, 5) is 59.4. The zero-order chi connectivity index (χ0) is 23.0. The number of β-lactam (4-membered cyclic amide) rings is 1. The van der Waals surface area contributed by atoms with E-state index in [1.54, 1.807) is 0 Å². The maximum absolute atomic E-state index is 13.0. The number of carboxylic acids is 1. The van der Waals surface area contributed by atoms with Gasteiger partial charge in [-0.15, -0.1) is 23.1 Å². The number of hydrogen-bond acceptors (Lipinski definition) is 11. The minimum Gasteiger partial charge on any atom is -0.477 e. The molecule has 1 aromatic heterocycles. The first-order valence-electron chi connectivity index (χ1n) is 9.45. The highest BCUT2D eigenvalue weighted by molar-refractivity contribution is 8.00. The Morgan fingerprint density at radius 2 is 2.22 bits per heavy atom. The normalized spacial score (nSPS) is 25.2. The van der Waals surface area contributed by atoms with E-state index in [0.29, 0.717) is 24.3 Å². The van der Waals surface area contributed by atoms with Gasteiger partial charge in [-0.3, -0.25) is 19.3 Å². The van der Waals surface area contributed by atoms with Gasteiger partial charge in [0, 0.05) is 30.6 Å². The van der Waals surface area contributed by atoms with Gasteiger partial charge in [-0.25, -0.2) is 9.78 Å². The topological polar surface area (TPSA) is 202 Å². The van der Waals surface area contributed by atoms with Crippen LogP contribution in [0.1, 0.15) is 12.1 Å². The van der Waals surface area contributed by atoms with Crippen LogP contribution in [0.4, 0.5) is 5.13 Å². The quantitative estimate of drug-likeness (QED) is 0.165. The third kappa shape index (κ3) is 3.89. The molecule has 32 heavy (non-hydrogen) atoms. The Morgan fingerprint density at radius 3 is 2.81 bits per heavy atom. The number of nitrogens with two attached hydrogens (primary N) is 2. The highest BCUT2D eigenvalue weighted by Crippen LogP contribution is 2.40. The fraction of sp³-hybridized carbons (Fsp3) is 0.412. The number of carbonyl (C=O) groups excluding carboxylic acids is 3. The first kappa shape index (κ1) is 22.0. The van der Waals surface area contributed by atoms with E-state index < -0.39 is 35.3 Å². The second-order valence-electron chi connectivity index (χ2n) is 7.01. The summed E-state index contributed by atoms with van der Waals surface area (Å²) >= 11 is 2.38. The second kappa shape index (κ2) is 8.76. The van der Waals surface area contributed by atoms with Gasteiger partial charge in [0.15, 0.2) is 10.8 Å². The lowest BCUT2D eigenvalue weighted by Gasteiger charge is -2.49. The molecular formula is C17H19N7O6S2. The molecule has 4 heterocycles. The number of rotatable bonds is 7. The number of thioether (sulfide) groups is 1. The highest BCUT2D eigenvalue weighted by Gasteiger charge is 2.54. The van der Waals surface area contributed by atoms with E-state index >= 15 is 0 Å². The molecule has 0 spiro atoms. The number of carbonyl (C=O) groups is 4. The van der Waals surface area contributed by atoms with Gasteiger partial charge in [-0.1, -0.05) is 5.16 Å². The largest absolute Gasteiger partial charge is 0.477 e. The second-order valence-corrected chi connectivity index (χ2v) is 9.00. The van der Waals surface area contributed by atoms with Crippen molar-refractivity contribution in [2.75, 3.05) is 24.6 Å². The number of aromatic nitrogens is 1. The molecule has 170 valence electrons. The molecule has 3 atom stereocenters. The number of amides is 3. The number of aliphatic carboxylic acids is 1. The van der Waals surface area contributed by atoms with E-state index in [0.717, 1.165) is 16.2 Å². The van der Waals surface area contributed by atoms with Crippen LogP contribution in [0.3, 0.4) is 0 Å². The Morgan fingerprint density at radius 1 is 1.44 bits per heavy atom. The molecule has 3 amide bonds. The van der Waals surface area contributed by atoms with Crippen LogP contribution < -0.4 is 22.1 Å². The smallest absolute Gasteiger partial charge is 0.352 e. The van der Waals surface area contributed by atoms with Crippen LogP contribution in [-0.2, 0) is 24.0 Å². The molecule has 7 N–H and O–H groups in total. The molecule has 3 aliphatic rings. The summed E-state index contributed by atoms with van der Waals surface area (Å²) in [6.07, 6.45) is -0.458. The molecule has 0 aliphatic carbocycles. The van der Waals surface area contributed by atoms with Crippen molar-refractivity contribution >= 4 is 57.6 Å². The monoisotopic (exact) mass is 481 g/mol. The first-order valence-corrected chi connectivity index (χ1v) is 11.4. The van der Waals surface area contributed by atoms with Crippen molar-refractivity contribution in [3.05, 3.63) is 22.3 Å². The molecule has 4 rings (SSSR count). The minimum absolute atomic E-state index is 0.0102. The Balaban J connectivity index is 1.53. The zero-order valence-corrected chi connectivity index (χ0v) is 18.1. The number of hydrogen-bond donors (Lipinski definition) is 5. The van der Waals surface area contributed by atoms with Crippen molar-refractivity contribution in [3.63, 3.8) is 0 Å². The molecular weight excluding hydrogens is 462 g/mol. The number of nitrogen functional groups attached to an aromatic ring is 1. The van der Waals surface area contributed by atoms with Crippen molar-refractivity contribution in [2.45, 2.75) is 23.9 Å². The fourth-order valence-corrected chi connectivity index (χ4v) is 5.35. The predicted octanol–water partition coefficient (Wildman–Crippen LogP) is -1.97. The van der Waals surface area contributed by atoms with E-state index in [1.165, 1.54) is 17.1 Å². The van der Waals surface area contributed by atoms with Crippen LogP contribution in [0.5, 0.6) is 0 Å². The summed E-state index contributed by atoms with van der Waals surface area (Å²) in [6.45, 7) is 0.441. The van der Waals surface area contributed by atoms with Gasteiger partial charge in [-0.05, 0) is 5.57 Å². The minimum atomic E-state index is -1.25. The molecule has 3 aliphatic heterocycles. The van der Waals surface area contributed by atoms with Gasteiger partial charge in [0.05, 0.1) is 0 Å². The summed E-state index contributed by atoms with van der Waals surface area (Å²) in [5.41, 5.74) is 11.4. The summed E-state index contributed by atoms with van der Waals surface area (Å²) in [7, 11) is 0. The Labute approximate surface area is 189 Å². The summed E-state index contributed by atoms with van der Waals surface area (Å²) in [5, 5.41) is 19.6. The molecule has 2 unspecified atom stereocenters. The predicted molar refractivity (Wildman–Crippen MR) is 114 cm³/mol. The van der Waals surface area contributed by atoms with Gasteiger partial charge in [0.25, 0.3) is 17.7 Å². The number of nitrogens with one attached hydrogen (secondary N) is 2. The van der Waals surface area contributed by atoms with Crippen molar-refractivity contribution in [2.24, 2.45) is 10.9 Å². The third-order valence-electron chi connectivity index (χ3n) is 5.03. The van der Waals surface area contributed by atoms with Gasteiger partial charge < -0.3 is 32.0 Å². The molecule has 0 aromatic carbocycles. The Hall–Kier alpha value is -3.17. The molecule has 15 heteroatoms. The van der Waals surface area contributed by atoms with Gasteiger partial charge in [-0.2, -0.15) is 0 Å². The average Bonchev–Trinajstić information content (AvgIpc) is 3.38. The molecule has 0 radical (unpaired) electrons. The van der Waals surface area contributed by atoms with Crippen LogP contribution in [-0.4, -0.2) is 80.8 Å². The van der Waals surface area contributed by atoms with Gasteiger partial charge in [0.1, 0.15) is 22.8 Å². The van der Waals surface area contributed by atoms with E-state index in [2.05, 4.69) is 20.8 Å². The number of thiazole rings is 1. The van der Waals surface area contributed by atoms with E-state index in [1.807, 2.05) is 0 Å². The van der Waals surface area contributed by atoms with E-state index in [4.69, 9.17) is 16.3 Å². The fourth-order valence-electron chi connectivity index (χ4n) is 3.44. The Bertz CT molecular complexity index is 1050. The first-order chi connectivity index (χ1) is 15.3. The standard InChI is InChI=1S/C17H19N7O6S2/c18-3-6-4-31-15-10(14(27)24(15)11(6)16(28)29)22-13(26)9(7-5-32-17(19)21-7)23-30-8-1-2-20-12(8)25/h5,8,10,15H,1-4,18H2,(H2,19,21)(H,20,25)(H,22,26)(H,28,29)/b23-9-/t8?,10?,15-/m1/s1. The number of carboxylic acid groups (broad SMARTS) is 1. The number of anilines is 1. The van der Waals surface area contributed by atoms with E-state index in [9.17, 15) is 24.3 Å².